The van der Waals surface area contributed by atoms with E-state index in [2.05, 4.69) is 12.2 Å². The molecule has 0 saturated carbocycles. The number of nitro groups is 1. The van der Waals surface area contributed by atoms with Crippen LogP contribution in [0.1, 0.15) is 26.2 Å². The second-order valence-corrected chi connectivity index (χ2v) is 5.10. The van der Waals surface area contributed by atoms with Gasteiger partial charge in [-0.15, -0.1) is 0 Å². The molecule has 0 radical (unpaired) electrons. The van der Waals surface area contributed by atoms with E-state index in [0.29, 0.717) is 17.3 Å². The first-order chi connectivity index (χ1) is 9.10. The number of benzene rings is 1. The smallest absolute Gasteiger partial charge is 0.271 e. The average Bonchev–Trinajstić information content (AvgIpc) is 2.41. The molecule has 104 valence electrons. The molecule has 2 atom stereocenters. The van der Waals surface area contributed by atoms with Crippen LogP contribution in [0, 0.1) is 10.1 Å². The van der Waals surface area contributed by atoms with Gasteiger partial charge in [0.2, 0.25) is 0 Å². The van der Waals surface area contributed by atoms with Gasteiger partial charge in [-0.2, -0.15) is 0 Å². The Morgan fingerprint density at radius 3 is 3.05 bits per heavy atom. The second kappa shape index (κ2) is 6.21. The van der Waals surface area contributed by atoms with E-state index in [1.165, 1.54) is 12.1 Å². The van der Waals surface area contributed by atoms with Gasteiger partial charge in [0, 0.05) is 24.8 Å². The van der Waals surface area contributed by atoms with Crippen LogP contribution in [0.5, 0.6) is 0 Å². The zero-order chi connectivity index (χ0) is 13.8. The van der Waals surface area contributed by atoms with Crippen molar-refractivity contribution < 1.29 is 9.66 Å². The Bertz CT molecular complexity index is 467. The standard InChI is InChI=1S/C13H17ClN2O3/c1-2-11-7-9(5-6-19-11)15-13-8-10(16(17)18)3-4-12(13)14/h3-4,8-9,11,15H,2,5-7H2,1H3. The van der Waals surface area contributed by atoms with Crippen LogP contribution in [0.2, 0.25) is 5.02 Å². The molecular weight excluding hydrogens is 268 g/mol. The topological polar surface area (TPSA) is 64.4 Å². The normalized spacial score (nSPS) is 23.1. The van der Waals surface area contributed by atoms with E-state index >= 15 is 0 Å². The van der Waals surface area contributed by atoms with E-state index in [9.17, 15) is 10.1 Å². The van der Waals surface area contributed by atoms with Crippen molar-refractivity contribution in [2.75, 3.05) is 11.9 Å². The Morgan fingerprint density at radius 2 is 2.37 bits per heavy atom. The van der Waals surface area contributed by atoms with Crippen LogP contribution in [-0.4, -0.2) is 23.7 Å². The Labute approximate surface area is 117 Å². The number of nitrogens with one attached hydrogen (secondary N) is 1. The Kier molecular flexibility index (Phi) is 4.61. The monoisotopic (exact) mass is 284 g/mol. The quantitative estimate of drug-likeness (QED) is 0.677. The molecule has 0 amide bonds. The highest BCUT2D eigenvalue weighted by Gasteiger charge is 2.22. The molecule has 6 heteroatoms. The van der Waals surface area contributed by atoms with Gasteiger partial charge in [0.05, 0.1) is 21.7 Å². The van der Waals surface area contributed by atoms with E-state index in [1.807, 2.05) is 0 Å². The third kappa shape index (κ3) is 3.58. The Hall–Kier alpha value is -1.33. The van der Waals surface area contributed by atoms with Crippen molar-refractivity contribution in [1.29, 1.82) is 0 Å². The second-order valence-electron chi connectivity index (χ2n) is 4.69. The zero-order valence-electron chi connectivity index (χ0n) is 10.8. The molecule has 0 aliphatic carbocycles. The van der Waals surface area contributed by atoms with Crippen LogP contribution < -0.4 is 5.32 Å². The maximum Gasteiger partial charge on any atom is 0.271 e. The third-order valence-corrected chi connectivity index (χ3v) is 3.67. The Balaban J connectivity index is 2.09. The molecule has 1 heterocycles. The number of non-ortho nitro benzene ring substituents is 1. The summed E-state index contributed by atoms with van der Waals surface area (Å²) in [4.78, 5) is 10.4. The highest BCUT2D eigenvalue weighted by Crippen LogP contribution is 2.29. The summed E-state index contributed by atoms with van der Waals surface area (Å²) >= 11 is 6.07. The van der Waals surface area contributed by atoms with Crippen molar-refractivity contribution in [2.24, 2.45) is 0 Å². The van der Waals surface area contributed by atoms with Crippen molar-refractivity contribution in [2.45, 2.75) is 38.3 Å². The maximum absolute atomic E-state index is 10.8. The van der Waals surface area contributed by atoms with E-state index in [-0.39, 0.29) is 17.8 Å². The summed E-state index contributed by atoms with van der Waals surface area (Å²) in [5.41, 5.74) is 0.670. The van der Waals surface area contributed by atoms with Crippen molar-refractivity contribution in [1.82, 2.24) is 0 Å². The van der Waals surface area contributed by atoms with Gasteiger partial charge in [0.25, 0.3) is 5.69 Å². The minimum Gasteiger partial charge on any atom is -0.381 e. The highest BCUT2D eigenvalue weighted by molar-refractivity contribution is 6.33. The van der Waals surface area contributed by atoms with Crippen LogP contribution in [0.4, 0.5) is 11.4 Å². The molecular formula is C13H17ClN2O3. The molecule has 1 saturated heterocycles. The molecule has 1 N–H and O–H groups in total. The van der Waals surface area contributed by atoms with Gasteiger partial charge in [-0.1, -0.05) is 18.5 Å². The maximum atomic E-state index is 10.8. The third-order valence-electron chi connectivity index (χ3n) is 3.34. The molecule has 1 aliphatic heterocycles. The number of rotatable bonds is 4. The van der Waals surface area contributed by atoms with Gasteiger partial charge >= 0.3 is 0 Å². The first-order valence-electron chi connectivity index (χ1n) is 6.42. The lowest BCUT2D eigenvalue weighted by Crippen LogP contribution is -2.33. The average molecular weight is 285 g/mol. The summed E-state index contributed by atoms with van der Waals surface area (Å²) in [5, 5.41) is 14.6. The van der Waals surface area contributed by atoms with Crippen LogP contribution in [0.25, 0.3) is 0 Å². The minimum absolute atomic E-state index is 0.0472. The molecule has 19 heavy (non-hydrogen) atoms. The number of hydrogen-bond acceptors (Lipinski definition) is 4. The molecule has 1 aliphatic rings. The SMILES string of the molecule is CCC1CC(Nc2cc([N+](=O)[O-])ccc2Cl)CCO1. The highest BCUT2D eigenvalue weighted by atomic mass is 35.5. The predicted octanol–water partition coefficient (Wildman–Crippen LogP) is 3.62. The van der Waals surface area contributed by atoms with Gasteiger partial charge in [-0.3, -0.25) is 10.1 Å². The molecule has 0 bridgehead atoms. The van der Waals surface area contributed by atoms with Gasteiger partial charge < -0.3 is 10.1 Å². The lowest BCUT2D eigenvalue weighted by Gasteiger charge is -2.30. The van der Waals surface area contributed by atoms with Crippen molar-refractivity contribution >= 4 is 23.0 Å². The number of hydrogen-bond donors (Lipinski definition) is 1. The van der Waals surface area contributed by atoms with Crippen LogP contribution in [0.15, 0.2) is 18.2 Å². The fraction of sp³-hybridized carbons (Fsp3) is 0.538. The fourth-order valence-electron chi connectivity index (χ4n) is 2.25. The molecule has 0 spiro atoms. The summed E-state index contributed by atoms with van der Waals surface area (Å²) in [5.74, 6) is 0. The largest absolute Gasteiger partial charge is 0.381 e. The van der Waals surface area contributed by atoms with Crippen LogP contribution in [0.3, 0.4) is 0 Å². The lowest BCUT2D eigenvalue weighted by molar-refractivity contribution is -0.384. The summed E-state index contributed by atoms with van der Waals surface area (Å²) in [6, 6.07) is 4.70. The van der Waals surface area contributed by atoms with E-state index < -0.39 is 4.92 Å². The van der Waals surface area contributed by atoms with Crippen LogP contribution >= 0.6 is 11.6 Å². The molecule has 1 fully saturated rings. The van der Waals surface area contributed by atoms with Gasteiger partial charge in [0.15, 0.2) is 0 Å². The van der Waals surface area contributed by atoms with E-state index in [4.69, 9.17) is 16.3 Å². The van der Waals surface area contributed by atoms with Crippen LogP contribution in [-0.2, 0) is 4.74 Å². The molecule has 2 unspecified atom stereocenters. The molecule has 5 nitrogen and oxygen atoms in total. The summed E-state index contributed by atoms with van der Waals surface area (Å²) in [7, 11) is 0. The predicted molar refractivity (Wildman–Crippen MR) is 74.8 cm³/mol. The van der Waals surface area contributed by atoms with Gasteiger partial charge in [0.1, 0.15) is 0 Å². The minimum atomic E-state index is -0.416. The van der Waals surface area contributed by atoms with Gasteiger partial charge in [-0.05, 0) is 25.3 Å². The molecule has 2 rings (SSSR count). The van der Waals surface area contributed by atoms with E-state index in [1.54, 1.807) is 6.07 Å². The molecule has 1 aromatic carbocycles. The Morgan fingerprint density at radius 1 is 1.58 bits per heavy atom. The number of halogens is 1. The molecule has 1 aromatic rings. The summed E-state index contributed by atoms with van der Waals surface area (Å²) < 4.78 is 5.61. The number of nitrogens with zero attached hydrogens (tertiary/aromatic N) is 1. The van der Waals surface area contributed by atoms with Gasteiger partial charge in [-0.25, -0.2) is 0 Å². The molecule has 0 aromatic heterocycles. The summed E-state index contributed by atoms with van der Waals surface area (Å²) in [6.45, 7) is 2.80. The number of anilines is 1. The fourth-order valence-corrected chi connectivity index (χ4v) is 2.43. The summed E-state index contributed by atoms with van der Waals surface area (Å²) in [6.07, 6.45) is 3.01. The zero-order valence-corrected chi connectivity index (χ0v) is 11.5. The van der Waals surface area contributed by atoms with E-state index in [0.717, 1.165) is 19.3 Å². The van der Waals surface area contributed by atoms with Crippen molar-refractivity contribution in [3.05, 3.63) is 33.3 Å². The number of nitro benzene ring substituents is 1. The first kappa shape index (κ1) is 14.1. The number of ether oxygens (including phenoxy) is 1. The lowest BCUT2D eigenvalue weighted by atomic mass is 10.0. The van der Waals surface area contributed by atoms with Crippen molar-refractivity contribution in [3.63, 3.8) is 0 Å². The first-order valence-corrected chi connectivity index (χ1v) is 6.80. The van der Waals surface area contributed by atoms with Crippen molar-refractivity contribution in [3.8, 4) is 0 Å².